The van der Waals surface area contributed by atoms with Gasteiger partial charge < -0.3 is 10.4 Å². The number of amides is 1. The van der Waals surface area contributed by atoms with Gasteiger partial charge in [0.15, 0.2) is 0 Å². The van der Waals surface area contributed by atoms with Crippen molar-refractivity contribution in [1.82, 2.24) is 10.6 Å². The number of phenols is 1. The first kappa shape index (κ1) is 27.8. The van der Waals surface area contributed by atoms with Crippen LogP contribution in [0.3, 0.4) is 0 Å². The highest BCUT2D eigenvalue weighted by molar-refractivity contribution is 5.96. The number of phenolic OH excluding ortho intramolecular Hbond substituents is 1. The van der Waals surface area contributed by atoms with Crippen LogP contribution >= 0.6 is 0 Å². The Bertz CT molecular complexity index is 1200. The molecule has 0 radical (unpaired) electrons. The zero-order chi connectivity index (χ0) is 27.7. The lowest BCUT2D eigenvalue weighted by Gasteiger charge is -2.35. The van der Waals surface area contributed by atoms with Crippen LogP contribution in [0.15, 0.2) is 48.5 Å². The fraction of sp³-hybridized carbons (Fsp3) is 0.481. The molecule has 0 aromatic heterocycles. The Balaban J connectivity index is 1.62. The first-order valence-electron chi connectivity index (χ1n) is 12.3. The molecule has 5 nitrogen and oxygen atoms in total. The fourth-order valence-electron chi connectivity index (χ4n) is 5.18. The van der Waals surface area contributed by atoms with E-state index < -0.39 is 77.4 Å². The number of hydrogen-bond acceptors (Lipinski definition) is 4. The maximum atomic E-state index is 15.8. The number of aromatic hydroxyl groups is 1. The highest BCUT2D eigenvalue weighted by Crippen LogP contribution is 2.64. The van der Waals surface area contributed by atoms with Gasteiger partial charge in [0.1, 0.15) is 17.6 Å². The van der Waals surface area contributed by atoms with Gasteiger partial charge in [-0.25, -0.2) is 13.2 Å². The molecule has 0 bridgehead atoms. The van der Waals surface area contributed by atoms with Crippen LogP contribution in [-0.4, -0.2) is 35.7 Å². The number of carbonyl (C=O) groups excluding carboxylic acids is 1. The van der Waals surface area contributed by atoms with E-state index in [9.17, 15) is 32.7 Å². The largest absolute Gasteiger partial charge is 0.507 e. The average Bonchev–Trinajstić information content (AvgIpc) is 3.78. The molecule has 204 valence electrons. The van der Waals surface area contributed by atoms with Crippen molar-refractivity contribution in [3.05, 3.63) is 65.5 Å². The van der Waals surface area contributed by atoms with E-state index in [1.54, 1.807) is 0 Å². The van der Waals surface area contributed by atoms with Crippen LogP contribution < -0.4 is 10.6 Å². The first-order valence-corrected chi connectivity index (χ1v) is 12.3. The second-order valence-corrected chi connectivity index (χ2v) is 10.1. The molecule has 2 unspecified atom stereocenters. The summed E-state index contributed by atoms with van der Waals surface area (Å²) in [6, 6.07) is 7.30. The van der Waals surface area contributed by atoms with Gasteiger partial charge in [-0.1, -0.05) is 30.3 Å². The predicted molar refractivity (Wildman–Crippen MR) is 126 cm³/mol. The van der Waals surface area contributed by atoms with E-state index in [4.69, 9.17) is 0 Å². The smallest absolute Gasteiger partial charge is 0.408 e. The first-order chi connectivity index (χ1) is 17.9. The molecule has 0 spiro atoms. The van der Waals surface area contributed by atoms with Gasteiger partial charge in [-0.2, -0.15) is 18.4 Å². The molecule has 3 N–H and O–H groups in total. The van der Waals surface area contributed by atoms with E-state index in [1.165, 1.54) is 36.4 Å². The van der Waals surface area contributed by atoms with Crippen molar-refractivity contribution in [1.29, 1.82) is 5.26 Å². The highest BCUT2D eigenvalue weighted by atomic mass is 19.4. The molecular weight excluding hydrogens is 512 g/mol. The fourth-order valence-corrected chi connectivity index (χ4v) is 5.18. The van der Waals surface area contributed by atoms with Crippen molar-refractivity contribution in [3.8, 4) is 11.8 Å². The summed E-state index contributed by atoms with van der Waals surface area (Å²) in [5.41, 5.74) is -2.17. The molecule has 3 atom stereocenters. The van der Waals surface area contributed by atoms with E-state index in [2.05, 4.69) is 10.6 Å². The van der Waals surface area contributed by atoms with Crippen LogP contribution in [0.4, 0.5) is 26.3 Å². The Kier molecular flexibility index (Phi) is 7.66. The summed E-state index contributed by atoms with van der Waals surface area (Å²) in [5.74, 6) is -7.69. The number of benzene rings is 2. The van der Waals surface area contributed by atoms with E-state index in [-0.39, 0.29) is 5.56 Å². The van der Waals surface area contributed by atoms with Gasteiger partial charge >= 0.3 is 6.18 Å². The number of hydrogen-bond donors (Lipinski definition) is 3. The molecule has 2 aliphatic rings. The van der Waals surface area contributed by atoms with E-state index in [0.717, 1.165) is 12.1 Å². The number of alkyl halides is 5. The molecule has 1 amide bonds. The average molecular weight is 540 g/mol. The Hall–Kier alpha value is -3.26. The monoisotopic (exact) mass is 539 g/mol. The lowest BCUT2D eigenvalue weighted by Crippen LogP contribution is -2.51. The highest BCUT2D eigenvalue weighted by Gasteiger charge is 2.64. The van der Waals surface area contributed by atoms with Gasteiger partial charge in [0.25, 0.3) is 11.8 Å². The Labute approximate surface area is 215 Å². The number of para-hydroxylation sites is 1. The Morgan fingerprint density at radius 1 is 1.08 bits per heavy atom. The SMILES string of the molecule is N#CC1(C(C2CC2)C(F)(F)CC(CNC(=O)c2ccccc2O)N[C@@H](c2ccccc2F)C(F)(F)F)CC1. The maximum absolute atomic E-state index is 15.8. The molecule has 2 aromatic carbocycles. The van der Waals surface area contributed by atoms with Crippen LogP contribution in [-0.2, 0) is 0 Å². The van der Waals surface area contributed by atoms with Crippen LogP contribution in [0, 0.1) is 34.4 Å². The minimum atomic E-state index is -5.04. The standard InChI is InChI=1S/C27H27F6N3O2/c28-20-7-3-1-5-18(20)23(27(31,32)33)36-17(14-35-24(38)19-6-2-4-8-21(19)37)13-26(29,30)22(16-9-10-16)25(15-34)11-12-25/h1-8,16-17,22-23,36-37H,9-14H2,(H,35,38)/t17?,22?,23-/m0/s1. The van der Waals surface area contributed by atoms with Crippen molar-refractivity contribution in [2.24, 2.45) is 17.3 Å². The van der Waals surface area contributed by atoms with Gasteiger partial charge in [-0.15, -0.1) is 0 Å². The molecule has 2 saturated carbocycles. The summed E-state index contributed by atoms with van der Waals surface area (Å²) in [7, 11) is 0. The number of nitrogens with one attached hydrogen (secondary N) is 2. The molecular formula is C27H27F6N3O2. The Morgan fingerprint density at radius 2 is 1.71 bits per heavy atom. The van der Waals surface area contributed by atoms with Crippen molar-refractivity contribution in [2.75, 3.05) is 6.54 Å². The topological polar surface area (TPSA) is 85.2 Å². The second kappa shape index (κ2) is 10.5. The summed E-state index contributed by atoms with van der Waals surface area (Å²) in [4.78, 5) is 12.6. The summed E-state index contributed by atoms with van der Waals surface area (Å²) in [6.45, 7) is -0.666. The third kappa shape index (κ3) is 6.07. The zero-order valence-electron chi connectivity index (χ0n) is 20.2. The van der Waals surface area contributed by atoms with E-state index >= 15 is 8.78 Å². The lowest BCUT2D eigenvalue weighted by atomic mass is 9.78. The van der Waals surface area contributed by atoms with Crippen molar-refractivity contribution in [2.45, 2.75) is 56.3 Å². The normalized spacial score (nSPS) is 19.2. The van der Waals surface area contributed by atoms with E-state index in [0.29, 0.717) is 25.7 Å². The minimum absolute atomic E-state index is 0.184. The van der Waals surface area contributed by atoms with Gasteiger partial charge in [0.05, 0.1) is 17.0 Å². The van der Waals surface area contributed by atoms with E-state index in [1.807, 2.05) is 6.07 Å². The molecule has 38 heavy (non-hydrogen) atoms. The van der Waals surface area contributed by atoms with Crippen molar-refractivity contribution in [3.63, 3.8) is 0 Å². The minimum Gasteiger partial charge on any atom is -0.507 e. The predicted octanol–water partition coefficient (Wildman–Crippen LogP) is 5.88. The molecule has 0 saturated heterocycles. The number of nitrogens with zero attached hydrogens (tertiary/aromatic N) is 1. The molecule has 2 fully saturated rings. The zero-order valence-corrected chi connectivity index (χ0v) is 20.2. The van der Waals surface area contributed by atoms with Crippen LogP contribution in [0.5, 0.6) is 5.75 Å². The van der Waals surface area contributed by atoms with Gasteiger partial charge in [0.2, 0.25) is 0 Å². The number of halogens is 6. The molecule has 2 aromatic rings. The third-order valence-electron chi connectivity index (χ3n) is 7.28. The number of carbonyl (C=O) groups is 1. The molecule has 0 heterocycles. The summed E-state index contributed by atoms with van der Waals surface area (Å²) < 4.78 is 88.2. The van der Waals surface area contributed by atoms with Gasteiger partial charge in [0, 0.05) is 30.5 Å². The molecule has 2 aliphatic carbocycles. The maximum Gasteiger partial charge on any atom is 0.408 e. The van der Waals surface area contributed by atoms with Crippen LogP contribution in [0.2, 0.25) is 0 Å². The number of rotatable bonds is 11. The van der Waals surface area contributed by atoms with Crippen LogP contribution in [0.1, 0.15) is 54.1 Å². The number of nitriles is 1. The third-order valence-corrected chi connectivity index (χ3v) is 7.28. The lowest BCUT2D eigenvalue weighted by molar-refractivity contribution is -0.163. The summed E-state index contributed by atoms with van der Waals surface area (Å²) in [5, 5.41) is 23.9. The summed E-state index contributed by atoms with van der Waals surface area (Å²) >= 11 is 0. The molecule has 0 aliphatic heterocycles. The molecule has 4 rings (SSSR count). The molecule has 11 heteroatoms. The van der Waals surface area contributed by atoms with Crippen molar-refractivity contribution < 1.29 is 36.2 Å². The van der Waals surface area contributed by atoms with Crippen LogP contribution in [0.25, 0.3) is 0 Å². The summed E-state index contributed by atoms with van der Waals surface area (Å²) in [6.07, 6.45) is -4.55. The van der Waals surface area contributed by atoms with Crippen molar-refractivity contribution >= 4 is 5.91 Å². The van der Waals surface area contributed by atoms with Gasteiger partial charge in [-0.05, 0) is 49.8 Å². The van der Waals surface area contributed by atoms with Gasteiger partial charge in [-0.3, -0.25) is 10.1 Å². The quantitative estimate of drug-likeness (QED) is 0.312. The Morgan fingerprint density at radius 3 is 2.26 bits per heavy atom. The second-order valence-electron chi connectivity index (χ2n) is 10.1.